The summed E-state index contributed by atoms with van der Waals surface area (Å²) in [6.07, 6.45) is 10.8. The van der Waals surface area contributed by atoms with Crippen LogP contribution in [0.4, 0.5) is 0 Å². The van der Waals surface area contributed by atoms with Crippen LogP contribution in [-0.2, 0) is 14.3 Å². The van der Waals surface area contributed by atoms with Crippen LogP contribution in [0.5, 0.6) is 11.5 Å². The molecule has 1 fully saturated rings. The standard InChI is InChI=1S/C32H42O6/c1-4-5-6-7-8-9-10-11-19-36-27-15-12-25(13-16-27)26-14-17-31(38-28-18-20-35-22-28)29(21-26)30(33)23-37-32(34)24(2)3/h12-17,21,28H,2,4-11,18-20,22-23H2,1,3H3. The molecular weight excluding hydrogens is 480 g/mol. The lowest BCUT2D eigenvalue weighted by Gasteiger charge is -2.16. The molecule has 1 aliphatic rings. The van der Waals surface area contributed by atoms with Crippen LogP contribution < -0.4 is 9.47 Å². The van der Waals surface area contributed by atoms with Crippen molar-refractivity contribution in [3.8, 4) is 22.6 Å². The maximum Gasteiger partial charge on any atom is 0.333 e. The predicted octanol–water partition coefficient (Wildman–Crippen LogP) is 7.34. The number of carbonyl (C=O) groups excluding carboxylic acids is 2. The van der Waals surface area contributed by atoms with Gasteiger partial charge in [-0.2, -0.15) is 0 Å². The van der Waals surface area contributed by atoms with Gasteiger partial charge < -0.3 is 18.9 Å². The van der Waals surface area contributed by atoms with Crippen molar-refractivity contribution in [1.29, 1.82) is 0 Å². The summed E-state index contributed by atoms with van der Waals surface area (Å²) in [7, 11) is 0. The van der Waals surface area contributed by atoms with Gasteiger partial charge in [0, 0.05) is 12.0 Å². The van der Waals surface area contributed by atoms with E-state index in [-0.39, 0.29) is 24.1 Å². The lowest BCUT2D eigenvalue weighted by Crippen LogP contribution is -2.19. The summed E-state index contributed by atoms with van der Waals surface area (Å²) in [4.78, 5) is 24.8. The third kappa shape index (κ3) is 9.64. The Balaban J connectivity index is 1.59. The van der Waals surface area contributed by atoms with Crippen LogP contribution in [0.2, 0.25) is 0 Å². The molecule has 0 amide bonds. The molecule has 1 heterocycles. The summed E-state index contributed by atoms with van der Waals surface area (Å²) in [5.74, 6) is 0.372. The van der Waals surface area contributed by atoms with E-state index < -0.39 is 5.97 Å². The molecule has 0 saturated carbocycles. The molecule has 2 aromatic carbocycles. The highest BCUT2D eigenvalue weighted by Gasteiger charge is 2.22. The SMILES string of the molecule is C=C(C)C(=O)OCC(=O)c1cc(-c2ccc(OCCCCCCCCCC)cc2)ccc1OC1CCOC1. The van der Waals surface area contributed by atoms with Crippen molar-refractivity contribution in [2.24, 2.45) is 0 Å². The number of ketones is 1. The minimum absolute atomic E-state index is 0.108. The Labute approximate surface area is 227 Å². The molecule has 6 heteroatoms. The molecule has 2 aromatic rings. The average Bonchev–Trinajstić information content (AvgIpc) is 3.44. The molecular formula is C32H42O6. The number of rotatable bonds is 17. The molecule has 1 unspecified atom stereocenters. The van der Waals surface area contributed by atoms with Crippen LogP contribution >= 0.6 is 0 Å². The number of carbonyl (C=O) groups is 2. The smallest absolute Gasteiger partial charge is 0.333 e. The number of hydrogen-bond donors (Lipinski definition) is 0. The number of esters is 1. The average molecular weight is 523 g/mol. The second-order valence-electron chi connectivity index (χ2n) is 9.94. The van der Waals surface area contributed by atoms with Gasteiger partial charge in [-0.1, -0.05) is 76.6 Å². The topological polar surface area (TPSA) is 71.1 Å². The van der Waals surface area contributed by atoms with E-state index in [9.17, 15) is 9.59 Å². The van der Waals surface area contributed by atoms with Gasteiger partial charge in [0.25, 0.3) is 0 Å². The van der Waals surface area contributed by atoms with Crippen molar-refractivity contribution in [1.82, 2.24) is 0 Å². The second-order valence-corrected chi connectivity index (χ2v) is 9.94. The fraction of sp³-hybridized carbons (Fsp3) is 0.500. The Morgan fingerprint density at radius 3 is 2.29 bits per heavy atom. The van der Waals surface area contributed by atoms with Crippen molar-refractivity contribution < 1.29 is 28.5 Å². The van der Waals surface area contributed by atoms with Crippen molar-refractivity contribution in [3.63, 3.8) is 0 Å². The minimum Gasteiger partial charge on any atom is -0.494 e. The molecule has 38 heavy (non-hydrogen) atoms. The zero-order valence-corrected chi connectivity index (χ0v) is 23.0. The molecule has 0 aliphatic carbocycles. The Bertz CT molecular complexity index is 1040. The number of ether oxygens (including phenoxy) is 4. The van der Waals surface area contributed by atoms with Crippen molar-refractivity contribution in [2.75, 3.05) is 26.4 Å². The summed E-state index contributed by atoms with van der Waals surface area (Å²) in [6, 6.07) is 13.4. The van der Waals surface area contributed by atoms with Gasteiger partial charge in [0.2, 0.25) is 5.78 Å². The van der Waals surface area contributed by atoms with E-state index in [1.165, 1.54) is 44.9 Å². The molecule has 206 valence electrons. The minimum atomic E-state index is -0.594. The zero-order chi connectivity index (χ0) is 27.2. The highest BCUT2D eigenvalue weighted by molar-refractivity contribution is 6.02. The Morgan fingerprint density at radius 1 is 0.947 bits per heavy atom. The molecule has 1 aliphatic heterocycles. The third-order valence-electron chi connectivity index (χ3n) is 6.60. The third-order valence-corrected chi connectivity index (χ3v) is 6.60. The van der Waals surface area contributed by atoms with E-state index in [4.69, 9.17) is 18.9 Å². The van der Waals surface area contributed by atoms with Gasteiger partial charge >= 0.3 is 5.97 Å². The number of benzene rings is 2. The van der Waals surface area contributed by atoms with Crippen LogP contribution in [0.15, 0.2) is 54.6 Å². The van der Waals surface area contributed by atoms with E-state index in [1.807, 2.05) is 30.3 Å². The van der Waals surface area contributed by atoms with Crippen LogP contribution in [0, 0.1) is 0 Å². The predicted molar refractivity (Wildman–Crippen MR) is 150 cm³/mol. The molecule has 0 N–H and O–H groups in total. The second kappa shape index (κ2) is 16.0. The fourth-order valence-corrected chi connectivity index (χ4v) is 4.32. The van der Waals surface area contributed by atoms with E-state index in [2.05, 4.69) is 13.5 Å². The van der Waals surface area contributed by atoms with Crippen molar-refractivity contribution in [3.05, 3.63) is 60.2 Å². The largest absolute Gasteiger partial charge is 0.494 e. The molecule has 0 bridgehead atoms. The van der Waals surface area contributed by atoms with Crippen molar-refractivity contribution in [2.45, 2.75) is 77.7 Å². The molecule has 1 atom stereocenters. The van der Waals surface area contributed by atoms with Crippen LogP contribution in [0.25, 0.3) is 11.1 Å². The monoisotopic (exact) mass is 522 g/mol. The maximum atomic E-state index is 13.0. The highest BCUT2D eigenvalue weighted by atomic mass is 16.5. The summed E-state index contributed by atoms with van der Waals surface area (Å²) >= 11 is 0. The van der Waals surface area contributed by atoms with Crippen LogP contribution in [-0.4, -0.2) is 44.3 Å². The molecule has 6 nitrogen and oxygen atoms in total. The number of hydrogen-bond acceptors (Lipinski definition) is 6. The van der Waals surface area contributed by atoms with E-state index in [1.54, 1.807) is 19.1 Å². The lowest BCUT2D eigenvalue weighted by atomic mass is 10.00. The summed E-state index contributed by atoms with van der Waals surface area (Å²) in [6.45, 7) is 8.81. The molecule has 3 rings (SSSR count). The highest BCUT2D eigenvalue weighted by Crippen LogP contribution is 2.30. The lowest BCUT2D eigenvalue weighted by molar-refractivity contribution is -0.137. The van der Waals surface area contributed by atoms with Gasteiger partial charge in [0.1, 0.15) is 17.6 Å². The van der Waals surface area contributed by atoms with Gasteiger partial charge in [0.15, 0.2) is 6.61 Å². The number of Topliss-reactive ketones (excluding diaryl/α,β-unsaturated/α-hetero) is 1. The zero-order valence-electron chi connectivity index (χ0n) is 23.0. The van der Waals surface area contributed by atoms with Gasteiger partial charge in [0.05, 0.1) is 25.4 Å². The summed E-state index contributed by atoms with van der Waals surface area (Å²) < 4.78 is 22.5. The Morgan fingerprint density at radius 2 is 1.63 bits per heavy atom. The molecule has 1 saturated heterocycles. The van der Waals surface area contributed by atoms with E-state index in [0.29, 0.717) is 31.1 Å². The maximum absolute atomic E-state index is 13.0. The van der Waals surface area contributed by atoms with Crippen LogP contribution in [0.1, 0.15) is 82.0 Å². The molecule has 0 radical (unpaired) electrons. The number of unbranched alkanes of at least 4 members (excludes halogenated alkanes) is 7. The van der Waals surface area contributed by atoms with Crippen LogP contribution in [0.3, 0.4) is 0 Å². The fourth-order valence-electron chi connectivity index (χ4n) is 4.32. The first kappa shape index (κ1) is 29.4. The normalized spacial score (nSPS) is 14.7. The van der Waals surface area contributed by atoms with Gasteiger partial charge in [-0.15, -0.1) is 0 Å². The molecule has 0 aromatic heterocycles. The van der Waals surface area contributed by atoms with E-state index >= 15 is 0 Å². The van der Waals surface area contributed by atoms with Gasteiger partial charge in [-0.05, 0) is 48.7 Å². The first-order valence-electron chi connectivity index (χ1n) is 14.0. The Hall–Kier alpha value is -3.12. The van der Waals surface area contributed by atoms with Crippen molar-refractivity contribution >= 4 is 11.8 Å². The molecule has 0 spiro atoms. The van der Waals surface area contributed by atoms with Gasteiger partial charge in [-0.25, -0.2) is 4.79 Å². The summed E-state index contributed by atoms with van der Waals surface area (Å²) in [5.41, 5.74) is 2.44. The van der Waals surface area contributed by atoms with Gasteiger partial charge in [-0.3, -0.25) is 4.79 Å². The first-order chi connectivity index (χ1) is 18.5. The van der Waals surface area contributed by atoms with E-state index in [0.717, 1.165) is 29.7 Å². The quantitative estimate of drug-likeness (QED) is 0.0937. The first-order valence-corrected chi connectivity index (χ1v) is 14.0. The Kier molecular flexibility index (Phi) is 12.4. The summed E-state index contributed by atoms with van der Waals surface area (Å²) in [5, 5.41) is 0.